The molecule has 3 aliphatic rings. The lowest BCUT2D eigenvalue weighted by molar-refractivity contribution is -0.192. The van der Waals surface area contributed by atoms with E-state index in [4.69, 9.17) is 20.9 Å². The third kappa shape index (κ3) is 4.57. The standard InChI is InChI=1S/C14H14N4O4S.C2HF3O2/c15-2-4-17-3-1-7(11(17)19)5-8-6-23-13-9(16)12(20)18(13)10(8)14(21)22;3-2(4,5)1(6)7/h5,9,13H,1,3-4,6,16H2,(H,21,22);(H,6,7)/b7-5+;/t9-,13-;/m1./s1. The van der Waals surface area contributed by atoms with Crippen molar-refractivity contribution in [3.05, 3.63) is 22.9 Å². The molecule has 10 nitrogen and oxygen atoms in total. The van der Waals surface area contributed by atoms with Crippen molar-refractivity contribution in [2.24, 2.45) is 5.73 Å². The van der Waals surface area contributed by atoms with Crippen LogP contribution in [0.5, 0.6) is 0 Å². The van der Waals surface area contributed by atoms with E-state index in [1.807, 2.05) is 6.07 Å². The number of nitrogens with zero attached hydrogens (tertiary/aromatic N) is 3. The van der Waals surface area contributed by atoms with Crippen LogP contribution in [0, 0.1) is 11.3 Å². The normalized spacial score (nSPS) is 24.7. The number of allylic oxidation sites excluding steroid dienone is 1. The maximum Gasteiger partial charge on any atom is 0.490 e. The van der Waals surface area contributed by atoms with Crippen molar-refractivity contribution in [1.82, 2.24) is 9.80 Å². The van der Waals surface area contributed by atoms with Crippen molar-refractivity contribution in [1.29, 1.82) is 5.26 Å². The SMILES string of the molecule is N#CCN1CC/C(=C\C2=C(C(=O)O)N3C(=O)[C@@H](N)[C@H]3SC2)C1=O.O=C(O)C(F)(F)F. The predicted molar refractivity (Wildman–Crippen MR) is 94.3 cm³/mol. The van der Waals surface area contributed by atoms with Crippen LogP contribution in [0.4, 0.5) is 13.2 Å². The lowest BCUT2D eigenvalue weighted by Gasteiger charge is -2.47. The van der Waals surface area contributed by atoms with Gasteiger partial charge in [-0.2, -0.15) is 18.4 Å². The molecule has 0 saturated carbocycles. The molecule has 2 amide bonds. The zero-order chi connectivity index (χ0) is 22.8. The van der Waals surface area contributed by atoms with Gasteiger partial charge in [-0.25, -0.2) is 9.59 Å². The zero-order valence-corrected chi connectivity index (χ0v) is 15.9. The largest absolute Gasteiger partial charge is 0.490 e. The van der Waals surface area contributed by atoms with E-state index in [2.05, 4.69) is 0 Å². The van der Waals surface area contributed by atoms with Gasteiger partial charge in [-0.3, -0.25) is 14.5 Å². The van der Waals surface area contributed by atoms with Crippen LogP contribution in [-0.2, 0) is 19.2 Å². The van der Waals surface area contributed by atoms with Gasteiger partial charge >= 0.3 is 18.1 Å². The number of aliphatic carboxylic acids is 2. The first-order chi connectivity index (χ1) is 13.9. The van der Waals surface area contributed by atoms with Gasteiger partial charge in [-0.1, -0.05) is 0 Å². The number of likely N-dealkylation sites (tertiary alicyclic amines) is 1. The molecule has 0 aliphatic carbocycles. The van der Waals surface area contributed by atoms with Gasteiger partial charge < -0.3 is 20.8 Å². The van der Waals surface area contributed by atoms with Crippen LogP contribution in [0.1, 0.15) is 6.42 Å². The van der Waals surface area contributed by atoms with E-state index in [1.54, 1.807) is 6.08 Å². The number of carbonyl (C=O) groups excluding carboxylic acids is 2. The Kier molecular flexibility index (Phi) is 6.78. The molecular formula is C16H15F3N4O6S. The van der Waals surface area contributed by atoms with Gasteiger partial charge in [0.1, 0.15) is 23.7 Å². The minimum Gasteiger partial charge on any atom is -0.477 e. The van der Waals surface area contributed by atoms with Crippen LogP contribution in [0.3, 0.4) is 0 Å². The molecule has 0 unspecified atom stereocenters. The van der Waals surface area contributed by atoms with Crippen LogP contribution in [0.2, 0.25) is 0 Å². The Morgan fingerprint density at radius 3 is 2.43 bits per heavy atom. The van der Waals surface area contributed by atoms with Crippen molar-refractivity contribution in [2.45, 2.75) is 24.0 Å². The highest BCUT2D eigenvalue weighted by atomic mass is 32.2. The van der Waals surface area contributed by atoms with Crippen molar-refractivity contribution in [3.8, 4) is 6.07 Å². The predicted octanol–water partition coefficient (Wildman–Crippen LogP) is -0.117. The quantitative estimate of drug-likeness (QED) is 0.303. The van der Waals surface area contributed by atoms with E-state index in [1.165, 1.54) is 21.6 Å². The molecular weight excluding hydrogens is 433 g/mol. The zero-order valence-electron chi connectivity index (χ0n) is 15.0. The van der Waals surface area contributed by atoms with Gasteiger partial charge in [0.05, 0.1) is 6.07 Å². The number of halogens is 3. The van der Waals surface area contributed by atoms with Crippen molar-refractivity contribution >= 4 is 35.5 Å². The molecule has 14 heteroatoms. The third-order valence-corrected chi connectivity index (χ3v) is 5.63. The van der Waals surface area contributed by atoms with Gasteiger partial charge in [-0.05, 0) is 18.1 Å². The fourth-order valence-corrected chi connectivity index (χ4v) is 4.15. The van der Waals surface area contributed by atoms with E-state index >= 15 is 0 Å². The first-order valence-electron chi connectivity index (χ1n) is 8.23. The summed E-state index contributed by atoms with van der Waals surface area (Å²) >= 11 is 1.39. The molecule has 3 rings (SSSR count). The van der Waals surface area contributed by atoms with Crippen molar-refractivity contribution < 1.29 is 42.6 Å². The number of alkyl halides is 3. The topological polar surface area (TPSA) is 165 Å². The second-order valence-corrected chi connectivity index (χ2v) is 7.33. The lowest BCUT2D eigenvalue weighted by atomic mass is 10.0. The molecule has 2 fully saturated rings. The van der Waals surface area contributed by atoms with E-state index in [0.717, 1.165) is 0 Å². The van der Waals surface area contributed by atoms with Gasteiger partial charge in [0.2, 0.25) is 5.91 Å². The summed E-state index contributed by atoms with van der Waals surface area (Å²) in [6, 6.07) is 1.25. The Morgan fingerprint density at radius 2 is 1.93 bits per heavy atom. The summed E-state index contributed by atoms with van der Waals surface area (Å²) in [6.07, 6.45) is -3.08. The molecule has 30 heavy (non-hydrogen) atoms. The minimum absolute atomic E-state index is 0.0112. The van der Waals surface area contributed by atoms with Crippen molar-refractivity contribution in [3.63, 3.8) is 0 Å². The van der Waals surface area contributed by atoms with E-state index in [9.17, 15) is 32.7 Å². The second kappa shape index (κ2) is 8.76. The fourth-order valence-electron chi connectivity index (χ4n) is 2.90. The highest BCUT2D eigenvalue weighted by molar-refractivity contribution is 8.00. The molecule has 2 atom stereocenters. The highest BCUT2D eigenvalue weighted by Crippen LogP contribution is 2.40. The summed E-state index contributed by atoms with van der Waals surface area (Å²) in [5.74, 6) is -4.27. The van der Waals surface area contributed by atoms with Crippen LogP contribution in [0.25, 0.3) is 0 Å². The van der Waals surface area contributed by atoms with Crippen LogP contribution < -0.4 is 5.73 Å². The van der Waals surface area contributed by atoms with Crippen LogP contribution in [-0.4, -0.2) is 80.2 Å². The van der Waals surface area contributed by atoms with Gasteiger partial charge in [-0.15, -0.1) is 11.8 Å². The number of β-lactam (4-membered cyclic amide) rings is 1. The number of hydrogen-bond donors (Lipinski definition) is 3. The summed E-state index contributed by atoms with van der Waals surface area (Å²) in [4.78, 5) is 47.1. The van der Waals surface area contributed by atoms with Crippen LogP contribution in [0.15, 0.2) is 22.9 Å². The number of carboxylic acid groups (broad SMARTS) is 2. The first kappa shape index (κ1) is 23.2. The molecule has 0 bridgehead atoms. The molecule has 3 aliphatic heterocycles. The number of fused-ring (bicyclic) bond motifs is 1. The summed E-state index contributed by atoms with van der Waals surface area (Å²) in [6.45, 7) is 0.453. The Labute approximate surface area is 171 Å². The molecule has 3 heterocycles. The summed E-state index contributed by atoms with van der Waals surface area (Å²) in [5.41, 5.74) is 6.48. The molecule has 0 radical (unpaired) electrons. The summed E-state index contributed by atoms with van der Waals surface area (Å²) < 4.78 is 31.7. The van der Waals surface area contributed by atoms with E-state index in [-0.39, 0.29) is 23.5 Å². The number of carboxylic acids is 2. The second-order valence-electron chi connectivity index (χ2n) is 6.22. The third-order valence-electron chi connectivity index (χ3n) is 4.31. The molecule has 0 aromatic rings. The molecule has 0 spiro atoms. The van der Waals surface area contributed by atoms with Gasteiger partial charge in [0, 0.05) is 17.9 Å². The van der Waals surface area contributed by atoms with Gasteiger partial charge in [0.25, 0.3) is 5.91 Å². The molecule has 4 N–H and O–H groups in total. The number of rotatable bonds is 3. The molecule has 0 aromatic heterocycles. The number of hydrogen-bond acceptors (Lipinski definition) is 7. The Bertz CT molecular complexity index is 894. The average Bonchev–Trinajstić information content (AvgIpc) is 3.00. The molecule has 162 valence electrons. The number of amides is 2. The number of nitrogens with two attached hydrogens (primary N) is 1. The first-order valence-corrected chi connectivity index (χ1v) is 9.28. The van der Waals surface area contributed by atoms with E-state index < -0.39 is 30.1 Å². The monoisotopic (exact) mass is 448 g/mol. The lowest BCUT2D eigenvalue weighted by Crippen LogP contribution is -2.68. The maximum absolute atomic E-state index is 12.2. The van der Waals surface area contributed by atoms with E-state index in [0.29, 0.717) is 29.9 Å². The Hall–Kier alpha value is -3.05. The van der Waals surface area contributed by atoms with Crippen LogP contribution >= 0.6 is 11.8 Å². The molecule has 2 saturated heterocycles. The van der Waals surface area contributed by atoms with Gasteiger partial charge in [0.15, 0.2) is 0 Å². The summed E-state index contributed by atoms with van der Waals surface area (Å²) in [5, 5.41) is 24.9. The average molecular weight is 448 g/mol. The Balaban J connectivity index is 0.000000396. The smallest absolute Gasteiger partial charge is 0.477 e. The minimum atomic E-state index is -5.08. The van der Waals surface area contributed by atoms with Crippen molar-refractivity contribution in [2.75, 3.05) is 18.8 Å². The maximum atomic E-state index is 12.2. The molecule has 0 aromatic carbocycles. The fraction of sp³-hybridized carbons (Fsp3) is 0.438. The summed E-state index contributed by atoms with van der Waals surface area (Å²) in [7, 11) is 0. The highest BCUT2D eigenvalue weighted by Gasteiger charge is 2.51. The number of carbonyl (C=O) groups is 4. The Morgan fingerprint density at radius 1 is 1.33 bits per heavy atom. The number of thioether (sulfide) groups is 1. The number of nitriles is 1.